The Labute approximate surface area is 87.2 Å². The van der Waals surface area contributed by atoms with Crippen LogP contribution in [-0.4, -0.2) is 11.7 Å². The van der Waals surface area contributed by atoms with Gasteiger partial charge in [0.05, 0.1) is 0 Å². The van der Waals surface area contributed by atoms with E-state index in [1.165, 1.54) is 10.5 Å². The van der Waals surface area contributed by atoms with E-state index in [0.29, 0.717) is 6.42 Å². The summed E-state index contributed by atoms with van der Waals surface area (Å²) in [5.41, 5.74) is 7.20. The molecular weight excluding hydrogens is 194 g/mol. The normalized spacial score (nSPS) is 15.3. The molecule has 14 heavy (non-hydrogen) atoms. The highest BCUT2D eigenvalue weighted by atomic mass is 32.2. The molecule has 3 heteroatoms. The number of amides is 1. The molecule has 1 aliphatic heterocycles. The predicted molar refractivity (Wildman–Crippen MR) is 58.1 cm³/mol. The number of benzene rings is 1. The Bertz CT molecular complexity index is 398. The molecule has 0 aromatic heterocycles. The van der Waals surface area contributed by atoms with Crippen LogP contribution in [-0.2, 0) is 11.2 Å². The van der Waals surface area contributed by atoms with Crippen LogP contribution in [0.2, 0.25) is 0 Å². The quantitative estimate of drug-likeness (QED) is 0.759. The van der Waals surface area contributed by atoms with Crippen molar-refractivity contribution in [3.63, 3.8) is 0 Å². The number of hydrogen-bond donors (Lipinski definition) is 1. The van der Waals surface area contributed by atoms with Crippen molar-refractivity contribution in [1.29, 1.82) is 0 Å². The molecule has 2 nitrogen and oxygen atoms in total. The zero-order valence-corrected chi connectivity index (χ0v) is 8.51. The monoisotopic (exact) mass is 205 g/mol. The van der Waals surface area contributed by atoms with Gasteiger partial charge in [0, 0.05) is 22.6 Å². The van der Waals surface area contributed by atoms with E-state index in [9.17, 15) is 4.79 Å². The summed E-state index contributed by atoms with van der Waals surface area (Å²) in [7, 11) is 0. The molecule has 0 fully saturated rings. The number of thioether (sulfide) groups is 1. The Morgan fingerprint density at radius 3 is 2.93 bits per heavy atom. The molecule has 0 spiro atoms. The summed E-state index contributed by atoms with van der Waals surface area (Å²) in [6.45, 7) is 0. The molecule has 72 valence electrons. The average molecular weight is 205 g/mol. The number of carbonyl (C=O) groups excluding carboxylic acids is 1. The second-order valence-electron chi connectivity index (χ2n) is 3.19. The van der Waals surface area contributed by atoms with E-state index in [1.807, 2.05) is 24.3 Å². The maximum absolute atomic E-state index is 11.1. The Kier molecular flexibility index (Phi) is 2.59. The molecule has 1 aromatic carbocycles. The smallest absolute Gasteiger partial charge is 0.244 e. The molecule has 0 aliphatic carbocycles. The van der Waals surface area contributed by atoms with Crippen molar-refractivity contribution in [3.8, 4) is 0 Å². The molecule has 1 amide bonds. The SMILES string of the molecule is NC(=O)C1=CCSc2ccccc2C1. The molecule has 0 atom stereocenters. The van der Waals surface area contributed by atoms with Gasteiger partial charge in [-0.3, -0.25) is 4.79 Å². The summed E-state index contributed by atoms with van der Waals surface area (Å²) >= 11 is 1.75. The van der Waals surface area contributed by atoms with Crippen LogP contribution in [0.1, 0.15) is 5.56 Å². The summed E-state index contributed by atoms with van der Waals surface area (Å²) in [4.78, 5) is 12.3. The summed E-state index contributed by atoms with van der Waals surface area (Å²) in [6.07, 6.45) is 2.59. The number of primary amides is 1. The van der Waals surface area contributed by atoms with Gasteiger partial charge < -0.3 is 5.73 Å². The first kappa shape index (κ1) is 9.34. The van der Waals surface area contributed by atoms with Gasteiger partial charge in [0.2, 0.25) is 5.91 Å². The highest BCUT2D eigenvalue weighted by Gasteiger charge is 2.12. The lowest BCUT2D eigenvalue weighted by molar-refractivity contribution is -0.114. The third-order valence-electron chi connectivity index (χ3n) is 2.24. The van der Waals surface area contributed by atoms with Crippen molar-refractivity contribution in [2.75, 3.05) is 5.75 Å². The van der Waals surface area contributed by atoms with Crippen LogP contribution in [0.5, 0.6) is 0 Å². The molecular formula is C11H11NOS. The average Bonchev–Trinajstić information content (AvgIpc) is 2.39. The molecule has 0 saturated carbocycles. The topological polar surface area (TPSA) is 43.1 Å². The van der Waals surface area contributed by atoms with E-state index in [-0.39, 0.29) is 5.91 Å². The highest BCUT2D eigenvalue weighted by Crippen LogP contribution is 2.28. The van der Waals surface area contributed by atoms with Crippen molar-refractivity contribution in [2.45, 2.75) is 11.3 Å². The lowest BCUT2D eigenvalue weighted by Gasteiger charge is -2.04. The van der Waals surface area contributed by atoms with Crippen LogP contribution < -0.4 is 5.73 Å². The first-order valence-corrected chi connectivity index (χ1v) is 5.45. The first-order valence-electron chi connectivity index (χ1n) is 4.47. The van der Waals surface area contributed by atoms with E-state index in [1.54, 1.807) is 11.8 Å². The van der Waals surface area contributed by atoms with Crippen LogP contribution in [0.3, 0.4) is 0 Å². The van der Waals surface area contributed by atoms with Crippen molar-refractivity contribution in [3.05, 3.63) is 41.5 Å². The lowest BCUT2D eigenvalue weighted by atomic mass is 10.0. The van der Waals surface area contributed by atoms with Crippen molar-refractivity contribution in [1.82, 2.24) is 0 Å². The first-order chi connectivity index (χ1) is 6.77. The minimum atomic E-state index is -0.303. The third-order valence-corrected chi connectivity index (χ3v) is 3.28. The Morgan fingerprint density at radius 1 is 1.36 bits per heavy atom. The standard InChI is InChI=1S/C11H11NOS/c12-11(13)9-5-6-14-10-4-2-1-3-8(10)7-9/h1-5H,6-7H2,(H2,12,13). The molecule has 0 bridgehead atoms. The molecule has 1 heterocycles. The second-order valence-corrected chi connectivity index (χ2v) is 4.25. The van der Waals surface area contributed by atoms with Gasteiger partial charge in [-0.1, -0.05) is 24.3 Å². The Morgan fingerprint density at radius 2 is 2.14 bits per heavy atom. The molecule has 0 unspecified atom stereocenters. The summed E-state index contributed by atoms with van der Waals surface area (Å²) in [5.74, 6) is 0.525. The van der Waals surface area contributed by atoms with E-state index < -0.39 is 0 Å². The predicted octanol–water partition coefficient (Wildman–Crippen LogP) is 1.75. The van der Waals surface area contributed by atoms with Crippen LogP contribution in [0, 0.1) is 0 Å². The fourth-order valence-corrected chi connectivity index (χ4v) is 2.45. The van der Waals surface area contributed by atoms with Crippen LogP contribution >= 0.6 is 11.8 Å². The lowest BCUT2D eigenvalue weighted by Crippen LogP contribution is -2.15. The van der Waals surface area contributed by atoms with Gasteiger partial charge >= 0.3 is 0 Å². The summed E-state index contributed by atoms with van der Waals surface area (Å²) in [6, 6.07) is 8.13. The maximum Gasteiger partial charge on any atom is 0.244 e. The summed E-state index contributed by atoms with van der Waals surface area (Å²) < 4.78 is 0. The largest absolute Gasteiger partial charge is 0.366 e. The van der Waals surface area contributed by atoms with Gasteiger partial charge in [0.1, 0.15) is 0 Å². The number of nitrogens with two attached hydrogens (primary N) is 1. The second kappa shape index (κ2) is 3.88. The molecule has 0 saturated heterocycles. The highest BCUT2D eigenvalue weighted by molar-refractivity contribution is 7.99. The molecule has 1 aromatic rings. The van der Waals surface area contributed by atoms with Crippen LogP contribution in [0.25, 0.3) is 0 Å². The maximum atomic E-state index is 11.1. The van der Waals surface area contributed by atoms with Gasteiger partial charge in [0.25, 0.3) is 0 Å². The van der Waals surface area contributed by atoms with Crippen LogP contribution in [0.4, 0.5) is 0 Å². The van der Waals surface area contributed by atoms with Gasteiger partial charge in [0.15, 0.2) is 0 Å². The fraction of sp³-hybridized carbons (Fsp3) is 0.182. The van der Waals surface area contributed by atoms with E-state index in [2.05, 4.69) is 6.07 Å². The van der Waals surface area contributed by atoms with Gasteiger partial charge in [-0.05, 0) is 11.6 Å². The number of hydrogen-bond acceptors (Lipinski definition) is 2. The van der Waals surface area contributed by atoms with Crippen LogP contribution in [0.15, 0.2) is 40.8 Å². The molecule has 0 radical (unpaired) electrons. The number of fused-ring (bicyclic) bond motifs is 1. The zero-order valence-electron chi connectivity index (χ0n) is 7.69. The van der Waals surface area contributed by atoms with Gasteiger partial charge in [-0.15, -0.1) is 11.8 Å². The minimum Gasteiger partial charge on any atom is -0.366 e. The third kappa shape index (κ3) is 1.82. The number of rotatable bonds is 1. The van der Waals surface area contributed by atoms with Crippen molar-refractivity contribution in [2.24, 2.45) is 5.73 Å². The molecule has 2 N–H and O–H groups in total. The number of carbonyl (C=O) groups is 1. The Balaban J connectivity index is 2.34. The zero-order chi connectivity index (χ0) is 9.97. The summed E-state index contributed by atoms with van der Waals surface area (Å²) in [5, 5.41) is 0. The van der Waals surface area contributed by atoms with Gasteiger partial charge in [-0.2, -0.15) is 0 Å². The van der Waals surface area contributed by atoms with Crippen molar-refractivity contribution < 1.29 is 4.79 Å². The molecule has 2 rings (SSSR count). The van der Waals surface area contributed by atoms with E-state index in [0.717, 1.165) is 11.3 Å². The van der Waals surface area contributed by atoms with E-state index in [4.69, 9.17) is 5.73 Å². The Hall–Kier alpha value is -1.22. The van der Waals surface area contributed by atoms with Crippen molar-refractivity contribution >= 4 is 17.7 Å². The molecule has 1 aliphatic rings. The minimum absolute atomic E-state index is 0.303. The van der Waals surface area contributed by atoms with Gasteiger partial charge in [-0.25, -0.2) is 0 Å². The fourth-order valence-electron chi connectivity index (χ4n) is 1.49. The van der Waals surface area contributed by atoms with E-state index >= 15 is 0 Å².